The number of pyridine rings is 1. The summed E-state index contributed by atoms with van der Waals surface area (Å²) in [5.41, 5.74) is 1.92. The van der Waals surface area contributed by atoms with E-state index in [1.165, 1.54) is 5.56 Å². The lowest BCUT2D eigenvalue weighted by Gasteiger charge is -2.15. The zero-order valence-electron chi connectivity index (χ0n) is 14.6. The fourth-order valence-electron chi connectivity index (χ4n) is 2.79. The average molecular weight is 369 g/mol. The van der Waals surface area contributed by atoms with Crippen molar-refractivity contribution in [2.24, 2.45) is 0 Å². The molecule has 0 saturated heterocycles. The van der Waals surface area contributed by atoms with Crippen LogP contribution < -0.4 is 10.1 Å². The predicted molar refractivity (Wildman–Crippen MR) is 105 cm³/mol. The number of nitrogens with one attached hydrogen (secondary N) is 1. The summed E-state index contributed by atoms with van der Waals surface area (Å²) >= 11 is 6.17. The van der Waals surface area contributed by atoms with Gasteiger partial charge in [-0.2, -0.15) is 0 Å². The van der Waals surface area contributed by atoms with Crippen LogP contribution in [0.1, 0.15) is 18.9 Å². The second kappa shape index (κ2) is 8.68. The van der Waals surface area contributed by atoms with E-state index in [4.69, 9.17) is 16.3 Å². The maximum atomic E-state index is 12.2. The van der Waals surface area contributed by atoms with Crippen LogP contribution in [0.5, 0.6) is 5.75 Å². The van der Waals surface area contributed by atoms with Gasteiger partial charge < -0.3 is 10.1 Å². The SMILES string of the molecule is C[C@@H](CCc1ccccc1)NC(=O)COc1ccc(Cl)c2cccnc12. The van der Waals surface area contributed by atoms with Crippen LogP contribution in [-0.2, 0) is 11.2 Å². The van der Waals surface area contributed by atoms with Crippen LogP contribution in [0.3, 0.4) is 0 Å². The smallest absolute Gasteiger partial charge is 0.258 e. The molecule has 0 aliphatic rings. The number of aromatic nitrogens is 1. The van der Waals surface area contributed by atoms with Crippen molar-refractivity contribution in [3.05, 3.63) is 71.4 Å². The number of hydrogen-bond donors (Lipinski definition) is 1. The molecule has 1 heterocycles. The minimum atomic E-state index is -0.149. The lowest BCUT2D eigenvalue weighted by molar-refractivity contribution is -0.123. The Balaban J connectivity index is 1.52. The Morgan fingerprint density at radius 1 is 1.15 bits per heavy atom. The molecule has 0 unspecified atom stereocenters. The second-order valence-corrected chi connectivity index (χ2v) is 6.63. The zero-order chi connectivity index (χ0) is 18.4. The maximum Gasteiger partial charge on any atom is 0.258 e. The first-order chi connectivity index (χ1) is 12.6. The number of amides is 1. The van der Waals surface area contributed by atoms with E-state index in [2.05, 4.69) is 22.4 Å². The number of carbonyl (C=O) groups is 1. The summed E-state index contributed by atoms with van der Waals surface area (Å²) in [4.78, 5) is 16.5. The third kappa shape index (κ3) is 4.73. The fourth-order valence-corrected chi connectivity index (χ4v) is 3.00. The standard InChI is InChI=1S/C21H21ClN2O2/c1-15(9-10-16-6-3-2-4-7-16)24-20(25)14-26-19-12-11-18(22)17-8-5-13-23-21(17)19/h2-8,11-13,15H,9-10,14H2,1H3,(H,24,25)/t15-/m0/s1. The topological polar surface area (TPSA) is 51.2 Å². The molecular formula is C21H21ClN2O2. The first-order valence-electron chi connectivity index (χ1n) is 8.63. The van der Waals surface area contributed by atoms with Gasteiger partial charge in [-0.3, -0.25) is 9.78 Å². The van der Waals surface area contributed by atoms with Crippen molar-refractivity contribution in [1.82, 2.24) is 10.3 Å². The molecule has 3 aromatic rings. The molecule has 0 fully saturated rings. The van der Waals surface area contributed by atoms with Gasteiger partial charge in [-0.25, -0.2) is 0 Å². The van der Waals surface area contributed by atoms with E-state index >= 15 is 0 Å². The van der Waals surface area contributed by atoms with Gasteiger partial charge in [0.1, 0.15) is 11.3 Å². The Labute approximate surface area is 158 Å². The predicted octanol–water partition coefficient (Wildman–Crippen LogP) is 4.40. The molecule has 0 saturated carbocycles. The van der Waals surface area contributed by atoms with Gasteiger partial charge in [0.05, 0.1) is 5.02 Å². The number of benzene rings is 2. The summed E-state index contributed by atoms with van der Waals surface area (Å²) < 4.78 is 5.67. The molecule has 5 heteroatoms. The number of ether oxygens (including phenoxy) is 1. The molecule has 2 aromatic carbocycles. The normalized spacial score (nSPS) is 11.9. The van der Waals surface area contributed by atoms with Crippen LogP contribution in [0, 0.1) is 0 Å². The van der Waals surface area contributed by atoms with Crippen LogP contribution in [0.25, 0.3) is 10.9 Å². The number of carbonyl (C=O) groups excluding carboxylic acids is 1. The van der Waals surface area contributed by atoms with Gasteiger partial charge in [0.2, 0.25) is 0 Å². The number of hydrogen-bond acceptors (Lipinski definition) is 3. The highest BCUT2D eigenvalue weighted by atomic mass is 35.5. The molecule has 4 nitrogen and oxygen atoms in total. The summed E-state index contributed by atoms with van der Waals surface area (Å²) in [6.45, 7) is 1.95. The third-order valence-electron chi connectivity index (χ3n) is 4.15. The molecule has 0 aliphatic heterocycles. The van der Waals surface area contributed by atoms with Gasteiger partial charge in [-0.1, -0.05) is 41.9 Å². The van der Waals surface area contributed by atoms with Crippen LogP contribution in [0.2, 0.25) is 5.02 Å². The van der Waals surface area contributed by atoms with Crippen molar-refractivity contribution in [3.8, 4) is 5.75 Å². The Hall–Kier alpha value is -2.59. The molecule has 0 aliphatic carbocycles. The van der Waals surface area contributed by atoms with Crippen molar-refractivity contribution in [1.29, 1.82) is 0 Å². The van der Waals surface area contributed by atoms with Crippen molar-refractivity contribution in [3.63, 3.8) is 0 Å². The van der Waals surface area contributed by atoms with E-state index in [1.807, 2.05) is 37.3 Å². The van der Waals surface area contributed by atoms with Crippen LogP contribution >= 0.6 is 11.6 Å². The first kappa shape index (κ1) is 18.2. The Morgan fingerprint density at radius 2 is 1.96 bits per heavy atom. The van der Waals surface area contributed by atoms with E-state index in [0.717, 1.165) is 18.2 Å². The number of aryl methyl sites for hydroxylation is 1. The molecule has 1 atom stereocenters. The minimum Gasteiger partial charge on any atom is -0.481 e. The van der Waals surface area contributed by atoms with Gasteiger partial charge >= 0.3 is 0 Å². The highest BCUT2D eigenvalue weighted by molar-refractivity contribution is 6.35. The number of fused-ring (bicyclic) bond motifs is 1. The lowest BCUT2D eigenvalue weighted by atomic mass is 10.1. The summed E-state index contributed by atoms with van der Waals surface area (Å²) in [6.07, 6.45) is 3.48. The molecule has 0 radical (unpaired) electrons. The maximum absolute atomic E-state index is 12.2. The highest BCUT2D eigenvalue weighted by Gasteiger charge is 2.11. The molecule has 0 bridgehead atoms. The Bertz CT molecular complexity index is 884. The van der Waals surface area contributed by atoms with Gasteiger partial charge in [0.15, 0.2) is 6.61 Å². The fraction of sp³-hybridized carbons (Fsp3) is 0.238. The van der Waals surface area contributed by atoms with E-state index in [-0.39, 0.29) is 18.6 Å². The van der Waals surface area contributed by atoms with Crippen LogP contribution in [0.4, 0.5) is 0 Å². The third-order valence-corrected chi connectivity index (χ3v) is 4.48. The Kier molecular flexibility index (Phi) is 6.08. The van der Waals surface area contributed by atoms with Gasteiger partial charge in [-0.05, 0) is 49.6 Å². The van der Waals surface area contributed by atoms with Gasteiger partial charge in [0.25, 0.3) is 5.91 Å². The van der Waals surface area contributed by atoms with Gasteiger partial charge in [-0.15, -0.1) is 0 Å². The zero-order valence-corrected chi connectivity index (χ0v) is 15.4. The Morgan fingerprint density at radius 3 is 2.77 bits per heavy atom. The summed E-state index contributed by atoms with van der Waals surface area (Å²) in [5.74, 6) is 0.404. The van der Waals surface area contributed by atoms with Crippen molar-refractivity contribution in [2.75, 3.05) is 6.61 Å². The van der Waals surface area contributed by atoms with E-state index in [9.17, 15) is 4.79 Å². The summed E-state index contributed by atoms with van der Waals surface area (Å²) in [7, 11) is 0. The van der Waals surface area contributed by atoms with Crippen molar-refractivity contribution in [2.45, 2.75) is 25.8 Å². The monoisotopic (exact) mass is 368 g/mol. The van der Waals surface area contributed by atoms with E-state index < -0.39 is 0 Å². The number of halogens is 1. The molecule has 1 N–H and O–H groups in total. The summed E-state index contributed by atoms with van der Waals surface area (Å²) in [6, 6.07) is 17.5. The largest absolute Gasteiger partial charge is 0.481 e. The number of nitrogens with zero attached hydrogens (tertiary/aromatic N) is 1. The number of rotatable bonds is 7. The van der Waals surface area contributed by atoms with Crippen molar-refractivity contribution >= 4 is 28.4 Å². The summed E-state index contributed by atoms with van der Waals surface area (Å²) in [5, 5.41) is 4.39. The molecule has 134 valence electrons. The van der Waals surface area contributed by atoms with E-state index in [1.54, 1.807) is 18.3 Å². The van der Waals surface area contributed by atoms with Crippen LogP contribution in [-0.4, -0.2) is 23.5 Å². The quantitative estimate of drug-likeness (QED) is 0.672. The first-order valence-corrected chi connectivity index (χ1v) is 9.00. The molecule has 1 amide bonds. The second-order valence-electron chi connectivity index (χ2n) is 6.23. The minimum absolute atomic E-state index is 0.0526. The van der Waals surface area contributed by atoms with Crippen molar-refractivity contribution < 1.29 is 9.53 Å². The molecule has 1 aromatic heterocycles. The molecule has 0 spiro atoms. The van der Waals surface area contributed by atoms with E-state index in [0.29, 0.717) is 16.3 Å². The molecule has 3 rings (SSSR count). The average Bonchev–Trinajstić information content (AvgIpc) is 2.67. The van der Waals surface area contributed by atoms with Gasteiger partial charge in [0, 0.05) is 17.6 Å². The lowest BCUT2D eigenvalue weighted by Crippen LogP contribution is -2.36. The highest BCUT2D eigenvalue weighted by Crippen LogP contribution is 2.29. The molecule has 26 heavy (non-hydrogen) atoms. The molecular weight excluding hydrogens is 348 g/mol. The van der Waals surface area contributed by atoms with Crippen LogP contribution in [0.15, 0.2) is 60.8 Å².